The molecule has 3 aromatic carbocycles. The lowest BCUT2D eigenvalue weighted by molar-refractivity contribution is 0.112. The number of hydrogen-bond donors (Lipinski definition) is 0. The normalized spacial score (nSPS) is 10.9. The molecule has 0 radical (unpaired) electrons. The highest BCUT2D eigenvalue weighted by atomic mass is 19.1. The molecular formula is C25H20FNO. The Bertz CT molecular complexity index is 1120. The summed E-state index contributed by atoms with van der Waals surface area (Å²) in [7, 11) is 0. The molecule has 3 heteroatoms. The van der Waals surface area contributed by atoms with Gasteiger partial charge in [0.05, 0.1) is 5.52 Å². The van der Waals surface area contributed by atoms with Gasteiger partial charge >= 0.3 is 0 Å². The Labute approximate surface area is 163 Å². The summed E-state index contributed by atoms with van der Waals surface area (Å²) in [6.45, 7) is 0. The maximum Gasteiger partial charge on any atom is 0.152 e. The van der Waals surface area contributed by atoms with Gasteiger partial charge in [-0.05, 0) is 59.7 Å². The topological polar surface area (TPSA) is 30.0 Å². The predicted octanol–water partition coefficient (Wildman–Crippen LogP) is 6.03. The molecule has 2 nitrogen and oxygen atoms in total. The van der Waals surface area contributed by atoms with E-state index in [9.17, 15) is 9.18 Å². The zero-order valence-electron chi connectivity index (χ0n) is 15.4. The largest absolute Gasteiger partial charge is 0.298 e. The molecule has 0 saturated carbocycles. The summed E-state index contributed by atoms with van der Waals surface area (Å²) >= 11 is 0. The summed E-state index contributed by atoms with van der Waals surface area (Å²) in [6, 6.07) is 23.0. The van der Waals surface area contributed by atoms with Crippen molar-refractivity contribution >= 4 is 17.2 Å². The van der Waals surface area contributed by atoms with Crippen LogP contribution >= 0.6 is 0 Å². The Morgan fingerprint density at radius 2 is 1.75 bits per heavy atom. The van der Waals surface area contributed by atoms with Crippen LogP contribution in [0, 0.1) is 5.82 Å². The van der Waals surface area contributed by atoms with E-state index in [0.29, 0.717) is 17.5 Å². The second kappa shape index (κ2) is 8.13. The van der Waals surface area contributed by atoms with Crippen LogP contribution in [0.25, 0.3) is 22.0 Å². The molecule has 0 amide bonds. The first kappa shape index (κ1) is 18.1. The van der Waals surface area contributed by atoms with Gasteiger partial charge < -0.3 is 0 Å². The molecule has 1 aromatic heterocycles. The fraction of sp³-hybridized carbons (Fsp3) is 0.120. The third-order valence-electron chi connectivity index (χ3n) is 5.05. The lowest BCUT2D eigenvalue weighted by atomic mass is 9.96. The SMILES string of the molecule is O=Cc1ccc(-c2ccc(CCCc3ccccc3)c(F)c2)c2cccnc12. The van der Waals surface area contributed by atoms with E-state index in [-0.39, 0.29) is 5.82 Å². The molecule has 0 fully saturated rings. The van der Waals surface area contributed by atoms with Crippen molar-refractivity contribution in [3.63, 3.8) is 0 Å². The number of hydrogen-bond acceptors (Lipinski definition) is 2. The average Bonchev–Trinajstić information content (AvgIpc) is 2.75. The molecule has 0 aliphatic heterocycles. The van der Waals surface area contributed by atoms with Crippen molar-refractivity contribution in [1.82, 2.24) is 4.98 Å². The first-order valence-corrected chi connectivity index (χ1v) is 9.42. The maximum atomic E-state index is 14.7. The number of pyridine rings is 1. The summed E-state index contributed by atoms with van der Waals surface area (Å²) < 4.78 is 14.7. The third kappa shape index (κ3) is 3.70. The van der Waals surface area contributed by atoms with Crippen LogP contribution in [-0.2, 0) is 12.8 Å². The Morgan fingerprint density at radius 3 is 2.54 bits per heavy atom. The Morgan fingerprint density at radius 1 is 0.893 bits per heavy atom. The van der Waals surface area contributed by atoms with Gasteiger partial charge in [-0.15, -0.1) is 0 Å². The monoisotopic (exact) mass is 369 g/mol. The van der Waals surface area contributed by atoms with Gasteiger partial charge in [-0.1, -0.05) is 54.6 Å². The van der Waals surface area contributed by atoms with Crippen LogP contribution in [0.4, 0.5) is 4.39 Å². The zero-order valence-corrected chi connectivity index (χ0v) is 15.4. The van der Waals surface area contributed by atoms with Crippen LogP contribution in [-0.4, -0.2) is 11.3 Å². The number of benzene rings is 3. The van der Waals surface area contributed by atoms with Gasteiger partial charge in [0.15, 0.2) is 6.29 Å². The average molecular weight is 369 g/mol. The zero-order chi connectivity index (χ0) is 19.3. The van der Waals surface area contributed by atoms with Crippen LogP contribution in [0.3, 0.4) is 0 Å². The van der Waals surface area contributed by atoms with Gasteiger partial charge in [0.1, 0.15) is 5.82 Å². The molecule has 0 saturated heterocycles. The number of aldehydes is 1. The van der Waals surface area contributed by atoms with Gasteiger partial charge in [0.25, 0.3) is 0 Å². The van der Waals surface area contributed by atoms with Crippen molar-refractivity contribution in [3.05, 3.63) is 102 Å². The highest BCUT2D eigenvalue weighted by Gasteiger charge is 2.11. The number of carbonyl (C=O) groups is 1. The molecule has 28 heavy (non-hydrogen) atoms. The van der Waals surface area contributed by atoms with Gasteiger partial charge in [0, 0.05) is 17.1 Å². The number of fused-ring (bicyclic) bond motifs is 1. The van der Waals surface area contributed by atoms with Crippen molar-refractivity contribution in [3.8, 4) is 11.1 Å². The van der Waals surface area contributed by atoms with E-state index >= 15 is 0 Å². The van der Waals surface area contributed by atoms with E-state index in [1.807, 2.05) is 48.5 Å². The van der Waals surface area contributed by atoms with Gasteiger partial charge in [-0.25, -0.2) is 4.39 Å². The van der Waals surface area contributed by atoms with Crippen molar-refractivity contribution < 1.29 is 9.18 Å². The molecule has 138 valence electrons. The van der Waals surface area contributed by atoms with Gasteiger partial charge in [-0.3, -0.25) is 9.78 Å². The number of halogens is 1. The van der Waals surface area contributed by atoms with E-state index in [1.54, 1.807) is 18.3 Å². The number of aryl methyl sites for hydroxylation is 2. The Balaban J connectivity index is 1.58. The highest BCUT2D eigenvalue weighted by molar-refractivity contribution is 6.03. The Hall–Kier alpha value is -3.33. The lowest BCUT2D eigenvalue weighted by Gasteiger charge is -2.10. The van der Waals surface area contributed by atoms with E-state index in [0.717, 1.165) is 41.2 Å². The number of rotatable bonds is 6. The van der Waals surface area contributed by atoms with Crippen LogP contribution in [0.15, 0.2) is 79.0 Å². The first-order chi connectivity index (χ1) is 13.8. The smallest absolute Gasteiger partial charge is 0.152 e. The second-order valence-corrected chi connectivity index (χ2v) is 6.87. The van der Waals surface area contributed by atoms with Crippen molar-refractivity contribution in [2.75, 3.05) is 0 Å². The molecule has 4 rings (SSSR count). The minimum Gasteiger partial charge on any atom is -0.298 e. The summed E-state index contributed by atoms with van der Waals surface area (Å²) in [5.41, 5.74) is 4.85. The number of carbonyl (C=O) groups excluding carboxylic acids is 1. The first-order valence-electron chi connectivity index (χ1n) is 9.42. The molecule has 0 atom stereocenters. The van der Waals surface area contributed by atoms with Gasteiger partial charge in [-0.2, -0.15) is 0 Å². The summed E-state index contributed by atoms with van der Waals surface area (Å²) in [5, 5.41) is 0.850. The van der Waals surface area contributed by atoms with Crippen LogP contribution in [0.5, 0.6) is 0 Å². The Kier molecular flexibility index (Phi) is 5.24. The van der Waals surface area contributed by atoms with E-state index in [1.165, 1.54) is 5.56 Å². The van der Waals surface area contributed by atoms with E-state index < -0.39 is 0 Å². The quantitative estimate of drug-likeness (QED) is 0.389. The molecule has 0 N–H and O–H groups in total. The summed E-state index contributed by atoms with van der Waals surface area (Å²) in [6.07, 6.45) is 5.01. The van der Waals surface area contributed by atoms with Crippen LogP contribution in [0.1, 0.15) is 27.9 Å². The lowest BCUT2D eigenvalue weighted by Crippen LogP contribution is -1.95. The predicted molar refractivity (Wildman–Crippen MR) is 111 cm³/mol. The summed E-state index contributed by atoms with van der Waals surface area (Å²) in [4.78, 5) is 15.6. The summed E-state index contributed by atoms with van der Waals surface area (Å²) in [5.74, 6) is -0.193. The number of nitrogens with zero attached hydrogens (tertiary/aromatic N) is 1. The minimum atomic E-state index is -0.193. The molecular weight excluding hydrogens is 349 g/mol. The van der Waals surface area contributed by atoms with Crippen molar-refractivity contribution in [2.45, 2.75) is 19.3 Å². The standard InChI is InChI=1S/C25H20FNO/c26-24-16-20(12-11-19(24)9-4-8-18-6-2-1-3-7-18)22-14-13-21(17-28)25-23(22)10-5-15-27-25/h1-3,5-7,10-17H,4,8-9H2. The number of aromatic nitrogens is 1. The molecule has 0 aliphatic rings. The third-order valence-corrected chi connectivity index (χ3v) is 5.05. The van der Waals surface area contributed by atoms with E-state index in [4.69, 9.17) is 0 Å². The van der Waals surface area contributed by atoms with Gasteiger partial charge in [0.2, 0.25) is 0 Å². The highest BCUT2D eigenvalue weighted by Crippen LogP contribution is 2.30. The van der Waals surface area contributed by atoms with Crippen molar-refractivity contribution in [1.29, 1.82) is 0 Å². The second-order valence-electron chi connectivity index (χ2n) is 6.87. The molecule has 0 bridgehead atoms. The fourth-order valence-corrected chi connectivity index (χ4v) is 3.59. The maximum absolute atomic E-state index is 14.7. The molecule has 0 spiro atoms. The van der Waals surface area contributed by atoms with Crippen LogP contribution in [0.2, 0.25) is 0 Å². The molecule has 1 heterocycles. The van der Waals surface area contributed by atoms with Crippen molar-refractivity contribution in [2.24, 2.45) is 0 Å². The molecule has 0 aliphatic carbocycles. The minimum absolute atomic E-state index is 0.193. The van der Waals surface area contributed by atoms with E-state index in [2.05, 4.69) is 17.1 Å². The fourth-order valence-electron chi connectivity index (χ4n) is 3.59. The van der Waals surface area contributed by atoms with Crippen LogP contribution < -0.4 is 0 Å². The molecule has 4 aromatic rings. The molecule has 0 unspecified atom stereocenters.